The maximum Gasteiger partial charge on any atom is 0.223 e. The van der Waals surface area contributed by atoms with Crippen molar-refractivity contribution < 1.29 is 9.53 Å². The average molecular weight is 303 g/mol. The Morgan fingerprint density at radius 3 is 2.80 bits per heavy atom. The highest BCUT2D eigenvalue weighted by Gasteiger charge is 2.37. The van der Waals surface area contributed by atoms with Gasteiger partial charge in [0.25, 0.3) is 0 Å². The zero-order valence-corrected chi connectivity index (χ0v) is 12.9. The summed E-state index contributed by atoms with van der Waals surface area (Å²) in [4.78, 5) is 14.7. The van der Waals surface area contributed by atoms with Crippen LogP contribution in [0.1, 0.15) is 44.9 Å². The molecule has 2 saturated heterocycles. The molecule has 0 aromatic carbocycles. The molecule has 1 amide bonds. The number of amides is 1. The van der Waals surface area contributed by atoms with Crippen molar-refractivity contribution in [2.24, 2.45) is 17.6 Å². The van der Waals surface area contributed by atoms with E-state index >= 15 is 0 Å². The van der Waals surface area contributed by atoms with E-state index in [1.54, 1.807) is 0 Å². The molecule has 2 aliphatic heterocycles. The lowest BCUT2D eigenvalue weighted by Crippen LogP contribution is -2.52. The van der Waals surface area contributed by atoms with Gasteiger partial charge in [-0.25, -0.2) is 0 Å². The summed E-state index contributed by atoms with van der Waals surface area (Å²) in [5, 5.41) is 0. The van der Waals surface area contributed by atoms with Crippen molar-refractivity contribution in [3.63, 3.8) is 0 Å². The van der Waals surface area contributed by atoms with Crippen LogP contribution in [0.3, 0.4) is 0 Å². The van der Waals surface area contributed by atoms with Crippen LogP contribution in [0.25, 0.3) is 0 Å². The Balaban J connectivity index is 0.00000147. The number of nitrogens with zero attached hydrogens (tertiary/aromatic N) is 1. The summed E-state index contributed by atoms with van der Waals surface area (Å²) in [7, 11) is 0. The maximum absolute atomic E-state index is 12.6. The second-order valence-electron chi connectivity index (χ2n) is 6.48. The Morgan fingerprint density at radius 2 is 2.05 bits per heavy atom. The molecule has 2 heterocycles. The molecule has 3 aliphatic rings. The van der Waals surface area contributed by atoms with E-state index in [4.69, 9.17) is 10.5 Å². The molecule has 3 fully saturated rings. The third-order valence-electron chi connectivity index (χ3n) is 5.28. The van der Waals surface area contributed by atoms with Crippen LogP contribution in [-0.4, -0.2) is 42.6 Å². The van der Waals surface area contributed by atoms with Crippen LogP contribution in [0.5, 0.6) is 0 Å². The number of halogens is 1. The third-order valence-corrected chi connectivity index (χ3v) is 5.28. The van der Waals surface area contributed by atoms with E-state index < -0.39 is 0 Å². The number of piperidine rings is 1. The molecule has 0 radical (unpaired) electrons. The summed E-state index contributed by atoms with van der Waals surface area (Å²) >= 11 is 0. The van der Waals surface area contributed by atoms with Gasteiger partial charge in [0, 0.05) is 37.6 Å². The van der Waals surface area contributed by atoms with Crippen LogP contribution in [-0.2, 0) is 9.53 Å². The second-order valence-corrected chi connectivity index (χ2v) is 6.48. The lowest BCUT2D eigenvalue weighted by Gasteiger charge is -2.44. The van der Waals surface area contributed by atoms with E-state index in [9.17, 15) is 4.79 Å². The summed E-state index contributed by atoms with van der Waals surface area (Å²) < 4.78 is 5.56. The summed E-state index contributed by atoms with van der Waals surface area (Å²) in [6, 6.07) is 0.687. The van der Waals surface area contributed by atoms with E-state index in [-0.39, 0.29) is 18.4 Å². The minimum absolute atomic E-state index is 0. The van der Waals surface area contributed by atoms with Crippen molar-refractivity contribution >= 4 is 18.3 Å². The molecule has 4 nitrogen and oxygen atoms in total. The molecule has 2 unspecified atom stereocenters. The topological polar surface area (TPSA) is 55.6 Å². The number of nitrogens with two attached hydrogens (primary N) is 1. The molecule has 116 valence electrons. The van der Waals surface area contributed by atoms with Gasteiger partial charge in [0.2, 0.25) is 5.91 Å². The summed E-state index contributed by atoms with van der Waals surface area (Å²) in [6.07, 6.45) is 7.47. The van der Waals surface area contributed by atoms with Gasteiger partial charge in [-0.3, -0.25) is 4.79 Å². The number of ether oxygens (including phenoxy) is 1. The van der Waals surface area contributed by atoms with E-state index in [1.807, 2.05) is 0 Å². The van der Waals surface area contributed by atoms with Gasteiger partial charge in [-0.2, -0.15) is 0 Å². The highest BCUT2D eigenvalue weighted by molar-refractivity contribution is 5.85. The van der Waals surface area contributed by atoms with Crippen LogP contribution in [0.15, 0.2) is 0 Å². The molecule has 1 saturated carbocycles. The number of carbonyl (C=O) groups excluding carboxylic acids is 1. The number of fused-ring (bicyclic) bond motifs is 1. The molecule has 1 aliphatic carbocycles. The Labute approximate surface area is 127 Å². The van der Waals surface area contributed by atoms with E-state index in [1.165, 1.54) is 12.8 Å². The Kier molecular flexibility index (Phi) is 5.70. The van der Waals surface area contributed by atoms with Crippen molar-refractivity contribution in [1.82, 2.24) is 4.90 Å². The van der Waals surface area contributed by atoms with E-state index in [0.29, 0.717) is 30.2 Å². The first-order valence-corrected chi connectivity index (χ1v) is 7.88. The van der Waals surface area contributed by atoms with Crippen molar-refractivity contribution in [3.8, 4) is 0 Å². The van der Waals surface area contributed by atoms with Crippen molar-refractivity contribution in [2.45, 2.75) is 57.0 Å². The zero-order valence-electron chi connectivity index (χ0n) is 12.1. The summed E-state index contributed by atoms with van der Waals surface area (Å²) in [5.41, 5.74) is 6.10. The number of hydrogen-bond acceptors (Lipinski definition) is 3. The molecule has 0 bridgehead atoms. The standard InChI is InChI=1S/C15H26N2O2.ClH/c16-13-5-1-3-11(13)9-15(18)17-7-2-4-12-10-19-8-6-14(12)17;/h11-14H,1-10,16H2;1H/t11-,12?,13+,14?;/m0./s1. The molecule has 20 heavy (non-hydrogen) atoms. The van der Waals surface area contributed by atoms with Crippen molar-refractivity contribution in [3.05, 3.63) is 0 Å². The zero-order chi connectivity index (χ0) is 13.2. The quantitative estimate of drug-likeness (QED) is 0.848. The minimum Gasteiger partial charge on any atom is -0.381 e. The lowest BCUT2D eigenvalue weighted by atomic mass is 9.85. The maximum atomic E-state index is 12.6. The molecule has 4 atom stereocenters. The van der Waals surface area contributed by atoms with Crippen LogP contribution in [0.2, 0.25) is 0 Å². The molecule has 0 spiro atoms. The van der Waals surface area contributed by atoms with E-state index in [0.717, 1.165) is 45.4 Å². The summed E-state index contributed by atoms with van der Waals surface area (Å²) in [6.45, 7) is 2.60. The molecule has 5 heteroatoms. The normalized spacial score (nSPS) is 37.1. The number of rotatable bonds is 2. The first kappa shape index (κ1) is 16.1. The van der Waals surface area contributed by atoms with Crippen LogP contribution in [0.4, 0.5) is 0 Å². The molecular formula is C15H27ClN2O2. The SMILES string of the molecule is Cl.N[C@@H]1CCC[C@H]1CC(=O)N1CCCC2COCCC21. The summed E-state index contributed by atoms with van der Waals surface area (Å²) in [5.74, 6) is 1.34. The Morgan fingerprint density at radius 1 is 1.20 bits per heavy atom. The smallest absolute Gasteiger partial charge is 0.223 e. The van der Waals surface area contributed by atoms with Gasteiger partial charge >= 0.3 is 0 Å². The fourth-order valence-corrected chi connectivity index (χ4v) is 4.13. The molecule has 0 aromatic rings. The predicted molar refractivity (Wildman–Crippen MR) is 80.8 cm³/mol. The van der Waals surface area contributed by atoms with Gasteiger partial charge in [-0.1, -0.05) is 6.42 Å². The highest BCUT2D eigenvalue weighted by Crippen LogP contribution is 2.32. The van der Waals surface area contributed by atoms with Gasteiger partial charge in [0.1, 0.15) is 0 Å². The van der Waals surface area contributed by atoms with Gasteiger partial charge in [0.15, 0.2) is 0 Å². The minimum atomic E-state index is 0. The average Bonchev–Trinajstić information content (AvgIpc) is 2.83. The van der Waals surface area contributed by atoms with Gasteiger partial charge < -0.3 is 15.4 Å². The number of hydrogen-bond donors (Lipinski definition) is 1. The van der Waals surface area contributed by atoms with Crippen molar-refractivity contribution in [1.29, 1.82) is 0 Å². The first-order valence-electron chi connectivity index (χ1n) is 7.88. The first-order chi connectivity index (χ1) is 9.25. The van der Waals surface area contributed by atoms with Gasteiger partial charge in [-0.15, -0.1) is 12.4 Å². The van der Waals surface area contributed by atoms with Crippen LogP contribution >= 0.6 is 12.4 Å². The van der Waals surface area contributed by atoms with E-state index in [2.05, 4.69) is 4.90 Å². The highest BCUT2D eigenvalue weighted by atomic mass is 35.5. The largest absolute Gasteiger partial charge is 0.381 e. The van der Waals surface area contributed by atoms with Gasteiger partial charge in [-0.05, 0) is 38.0 Å². The fraction of sp³-hybridized carbons (Fsp3) is 0.933. The molecular weight excluding hydrogens is 276 g/mol. The van der Waals surface area contributed by atoms with Crippen LogP contribution < -0.4 is 5.73 Å². The Hall–Kier alpha value is -0.320. The van der Waals surface area contributed by atoms with Gasteiger partial charge in [0.05, 0.1) is 6.61 Å². The number of likely N-dealkylation sites (tertiary alicyclic amines) is 1. The molecule has 0 aromatic heterocycles. The fourth-order valence-electron chi connectivity index (χ4n) is 4.13. The predicted octanol–water partition coefficient (Wildman–Crippen LogP) is 1.95. The molecule has 2 N–H and O–H groups in total. The molecule has 3 rings (SSSR count). The monoisotopic (exact) mass is 302 g/mol. The second kappa shape index (κ2) is 7.10. The van der Waals surface area contributed by atoms with Crippen LogP contribution in [0, 0.1) is 11.8 Å². The Bertz CT molecular complexity index is 338. The third kappa shape index (κ3) is 3.29. The van der Waals surface area contributed by atoms with Crippen molar-refractivity contribution in [2.75, 3.05) is 19.8 Å². The lowest BCUT2D eigenvalue weighted by molar-refractivity contribution is -0.141. The number of carbonyl (C=O) groups is 1.